The van der Waals surface area contributed by atoms with Crippen LogP contribution in [0, 0.1) is 5.92 Å². The van der Waals surface area contributed by atoms with Crippen LogP contribution in [0.5, 0.6) is 0 Å². The summed E-state index contributed by atoms with van der Waals surface area (Å²) < 4.78 is 4.31. The van der Waals surface area contributed by atoms with Crippen molar-refractivity contribution >= 4 is 40.3 Å². The Morgan fingerprint density at radius 3 is 2.53 bits per heavy atom. The van der Waals surface area contributed by atoms with Crippen molar-refractivity contribution in [2.24, 2.45) is 5.92 Å². The molecule has 0 spiro atoms. The van der Waals surface area contributed by atoms with Crippen LogP contribution in [-0.2, 0) is 9.59 Å². The molecule has 8 rings (SSSR count). The van der Waals surface area contributed by atoms with Crippen molar-refractivity contribution < 1.29 is 19.2 Å². The van der Waals surface area contributed by atoms with Gasteiger partial charge >= 0.3 is 0 Å². The van der Waals surface area contributed by atoms with Gasteiger partial charge in [-0.3, -0.25) is 39.1 Å². The summed E-state index contributed by atoms with van der Waals surface area (Å²) in [5, 5.41) is 10.7. The van der Waals surface area contributed by atoms with E-state index in [0.29, 0.717) is 23.9 Å². The molecular formula is C33H34N8O4. The second-order valence-electron chi connectivity index (χ2n) is 13.1. The van der Waals surface area contributed by atoms with Gasteiger partial charge < -0.3 is 9.88 Å². The Hall–Kier alpha value is -4.87. The summed E-state index contributed by atoms with van der Waals surface area (Å²) in [6, 6.07) is 6.92. The first kappa shape index (κ1) is 27.7. The zero-order chi connectivity index (χ0) is 31.0. The molecule has 0 radical (unpaired) electrons. The third-order valence-electron chi connectivity index (χ3n) is 9.64. The molecule has 4 aromatic rings. The number of pyridine rings is 1. The molecule has 0 bridgehead atoms. The third kappa shape index (κ3) is 4.70. The fourth-order valence-electron chi connectivity index (χ4n) is 6.86. The predicted molar refractivity (Wildman–Crippen MR) is 164 cm³/mol. The lowest BCUT2D eigenvalue weighted by molar-refractivity contribution is -0.136. The Balaban J connectivity index is 0.930. The number of benzene rings is 1. The first-order valence-electron chi connectivity index (χ1n) is 15.8. The Bertz CT molecular complexity index is 1900. The van der Waals surface area contributed by atoms with Gasteiger partial charge in [0.25, 0.3) is 11.8 Å². The molecule has 3 aromatic heterocycles. The van der Waals surface area contributed by atoms with E-state index < -0.39 is 29.7 Å². The summed E-state index contributed by atoms with van der Waals surface area (Å²) in [4.78, 5) is 60.3. The highest BCUT2D eigenvalue weighted by molar-refractivity contribution is 6.23. The average molecular weight is 607 g/mol. The lowest BCUT2D eigenvalue weighted by atomic mass is 9.80. The molecule has 230 valence electrons. The molecule has 12 nitrogen and oxygen atoms in total. The molecule has 1 saturated heterocycles. The van der Waals surface area contributed by atoms with E-state index in [1.165, 1.54) is 0 Å². The number of carbonyl (C=O) groups excluding carboxylic acids is 4. The van der Waals surface area contributed by atoms with Gasteiger partial charge in [0, 0.05) is 42.4 Å². The highest BCUT2D eigenvalue weighted by atomic mass is 16.2. The topological polar surface area (TPSA) is 144 Å². The van der Waals surface area contributed by atoms with Crippen molar-refractivity contribution in [2.75, 3.05) is 11.9 Å². The van der Waals surface area contributed by atoms with Crippen LogP contribution in [0.3, 0.4) is 0 Å². The van der Waals surface area contributed by atoms with Gasteiger partial charge in [0.15, 0.2) is 0 Å². The van der Waals surface area contributed by atoms with Crippen LogP contribution in [0.4, 0.5) is 5.69 Å². The molecule has 1 unspecified atom stereocenters. The van der Waals surface area contributed by atoms with Gasteiger partial charge in [-0.15, -0.1) is 0 Å². The van der Waals surface area contributed by atoms with Crippen LogP contribution < -0.4 is 10.6 Å². The van der Waals surface area contributed by atoms with E-state index in [1.54, 1.807) is 18.2 Å². The smallest absolute Gasteiger partial charge is 0.262 e. The molecule has 2 saturated carbocycles. The number of hydrogen-bond acceptors (Lipinski definition) is 8. The zero-order valence-electron chi connectivity index (χ0n) is 25.2. The molecule has 5 heterocycles. The highest BCUT2D eigenvalue weighted by Crippen LogP contribution is 2.46. The maximum Gasteiger partial charge on any atom is 0.262 e. The summed E-state index contributed by atoms with van der Waals surface area (Å²) in [5.41, 5.74) is 6.49. The minimum absolute atomic E-state index is 0.0954. The largest absolute Gasteiger partial charge is 0.385 e. The van der Waals surface area contributed by atoms with Gasteiger partial charge in [0.05, 0.1) is 46.6 Å². The van der Waals surface area contributed by atoms with Gasteiger partial charge in [0.1, 0.15) is 11.6 Å². The Morgan fingerprint density at radius 1 is 0.978 bits per heavy atom. The summed E-state index contributed by atoms with van der Waals surface area (Å²) in [6.07, 6.45) is 10.4. The number of hydrogen-bond donors (Lipinski definition) is 2. The molecule has 1 atom stereocenters. The molecule has 2 aliphatic heterocycles. The van der Waals surface area contributed by atoms with Crippen molar-refractivity contribution in [3.05, 3.63) is 59.8 Å². The number of aromatic nitrogens is 5. The molecule has 2 aliphatic carbocycles. The van der Waals surface area contributed by atoms with Crippen molar-refractivity contribution in [3.8, 4) is 11.3 Å². The standard InChI is InChI=1S/C33H34N8O4/c1-17(2)39-16-36-26-14-35-25(12-28(26)39)24-15-40(38-30(24)19-3-4-19)21-9-18(10-21)13-34-20-5-6-22-23(11-20)33(45)41(32(22)44)27-7-8-29(42)37-31(27)43/h5-6,11-12,14-19,21,27,34H,3-4,7-10,13H2,1-2H3,(H,37,42,43)/t18-,21-,27?. The number of imidazole rings is 1. The molecule has 4 amide bonds. The second kappa shape index (κ2) is 10.4. The molecular weight excluding hydrogens is 572 g/mol. The van der Waals surface area contributed by atoms with Crippen LogP contribution in [-0.4, -0.2) is 65.4 Å². The van der Waals surface area contributed by atoms with Gasteiger partial charge in [-0.2, -0.15) is 5.10 Å². The van der Waals surface area contributed by atoms with Crippen LogP contribution in [0.2, 0.25) is 0 Å². The summed E-state index contributed by atoms with van der Waals surface area (Å²) in [6.45, 7) is 5.04. The number of imide groups is 2. The van der Waals surface area contributed by atoms with Crippen molar-refractivity contribution in [3.63, 3.8) is 0 Å². The number of nitrogens with one attached hydrogen (secondary N) is 2. The van der Waals surface area contributed by atoms with E-state index in [9.17, 15) is 19.2 Å². The van der Waals surface area contributed by atoms with Crippen LogP contribution >= 0.6 is 0 Å². The number of nitrogens with zero attached hydrogens (tertiary/aromatic N) is 6. The minimum atomic E-state index is -0.969. The van der Waals surface area contributed by atoms with Gasteiger partial charge in [0.2, 0.25) is 11.8 Å². The van der Waals surface area contributed by atoms with Crippen molar-refractivity contribution in [1.29, 1.82) is 0 Å². The van der Waals surface area contributed by atoms with E-state index >= 15 is 0 Å². The van der Waals surface area contributed by atoms with Crippen LogP contribution in [0.1, 0.15) is 96.8 Å². The molecule has 1 aromatic carbocycles. The maximum atomic E-state index is 13.2. The quantitative estimate of drug-likeness (QED) is 0.284. The normalized spacial score (nSPS) is 23.1. The summed E-state index contributed by atoms with van der Waals surface area (Å²) >= 11 is 0. The zero-order valence-corrected chi connectivity index (χ0v) is 25.2. The van der Waals surface area contributed by atoms with Crippen molar-refractivity contribution in [1.82, 2.24) is 34.5 Å². The number of anilines is 1. The monoisotopic (exact) mass is 606 g/mol. The molecule has 3 fully saturated rings. The van der Waals surface area contributed by atoms with E-state index in [0.717, 1.165) is 70.8 Å². The Morgan fingerprint density at radius 2 is 1.78 bits per heavy atom. The number of fused-ring (bicyclic) bond motifs is 2. The number of amides is 4. The van der Waals surface area contributed by atoms with E-state index in [2.05, 4.69) is 51.0 Å². The van der Waals surface area contributed by atoms with Gasteiger partial charge in [-0.25, -0.2) is 4.98 Å². The fraction of sp³-hybridized carbons (Fsp3) is 0.424. The molecule has 2 N–H and O–H groups in total. The third-order valence-corrected chi connectivity index (χ3v) is 9.64. The Labute approximate surface area is 259 Å². The van der Waals surface area contributed by atoms with E-state index in [4.69, 9.17) is 10.1 Å². The molecule has 12 heteroatoms. The lowest BCUT2D eigenvalue weighted by Gasteiger charge is -2.35. The Kier molecular flexibility index (Phi) is 6.36. The molecule has 4 aliphatic rings. The molecule has 45 heavy (non-hydrogen) atoms. The summed E-state index contributed by atoms with van der Waals surface area (Å²) in [5.74, 6) is -1.07. The number of rotatable bonds is 8. The first-order valence-corrected chi connectivity index (χ1v) is 15.8. The van der Waals surface area contributed by atoms with Crippen LogP contribution in [0.15, 0.2) is 43.0 Å². The fourth-order valence-corrected chi connectivity index (χ4v) is 6.86. The number of piperidine rings is 1. The second-order valence-corrected chi connectivity index (χ2v) is 13.1. The van der Waals surface area contributed by atoms with Gasteiger partial charge in [-0.1, -0.05) is 0 Å². The van der Waals surface area contributed by atoms with E-state index in [1.807, 2.05) is 12.5 Å². The maximum absolute atomic E-state index is 13.2. The number of carbonyl (C=O) groups is 4. The van der Waals surface area contributed by atoms with E-state index in [-0.39, 0.29) is 24.0 Å². The highest BCUT2D eigenvalue weighted by Gasteiger charge is 2.44. The van der Waals surface area contributed by atoms with Gasteiger partial charge in [-0.05, 0) is 76.1 Å². The van der Waals surface area contributed by atoms with Crippen molar-refractivity contribution in [2.45, 2.75) is 76.4 Å². The SMILES string of the molecule is CC(C)n1cnc2cnc(-c3cn([C@H]4C[C@H](CNc5ccc6c(c5)C(=O)N(C5CCC(=O)NC5=O)C6=O)C4)nc3C3CC3)cc21. The predicted octanol–water partition coefficient (Wildman–Crippen LogP) is 4.22. The lowest BCUT2D eigenvalue weighted by Crippen LogP contribution is -2.54. The average Bonchev–Trinajstić information content (AvgIpc) is 3.52. The minimum Gasteiger partial charge on any atom is -0.385 e. The van der Waals surface area contributed by atoms with Crippen LogP contribution in [0.25, 0.3) is 22.3 Å². The first-order chi connectivity index (χ1) is 21.7. The summed E-state index contributed by atoms with van der Waals surface area (Å²) in [7, 11) is 0.